The Morgan fingerprint density at radius 1 is 0.204 bits per heavy atom. The van der Waals surface area contributed by atoms with Gasteiger partial charge in [0.05, 0.1) is 4.11 Å². The average molecular weight is 640 g/mol. The molecule has 0 aromatic heterocycles. The van der Waals surface area contributed by atoms with E-state index in [1.807, 2.05) is 0 Å². The summed E-state index contributed by atoms with van der Waals surface area (Å²) in [6.45, 7) is 33.5. The fourth-order valence-corrected chi connectivity index (χ4v) is 11.2. The molecule has 0 heterocycles. The van der Waals surface area contributed by atoms with E-state index in [1.54, 1.807) is 0 Å². The number of hydrogen-bond donors (Lipinski definition) is 0. The zero-order chi connectivity index (χ0) is 37.6. The molecule has 0 heteroatoms. The number of aryl methyl sites for hydroxylation is 13. The van der Waals surface area contributed by atoms with Gasteiger partial charge in [0.1, 0.15) is 0 Å². The summed E-state index contributed by atoms with van der Waals surface area (Å²) < 4.78 is 28.1. The first-order chi connectivity index (χ1) is 24.4. The molecular formula is C49H48. The summed E-state index contributed by atoms with van der Waals surface area (Å²) in [5.41, 5.74) is 18.0. The lowest BCUT2D eigenvalue weighted by molar-refractivity contribution is 1.25. The minimum Gasteiger partial charge on any atom is -0.0551 e. The Kier molecular flexibility index (Phi) is 5.27. The largest absolute Gasteiger partial charge is 0.0629 e. The quantitative estimate of drug-likeness (QED) is 0.145. The molecule has 244 valence electrons. The monoisotopic (exact) mass is 639 g/mol. The van der Waals surface area contributed by atoms with Gasteiger partial charge in [0.2, 0.25) is 0 Å². The number of benzene rings is 7. The van der Waals surface area contributed by atoms with Crippen molar-refractivity contribution in [1.29, 1.82) is 0 Å². The Morgan fingerprint density at radius 3 is 0.755 bits per heavy atom. The Hall–Kier alpha value is -4.42. The molecule has 0 bridgehead atoms. The van der Waals surface area contributed by atoms with Crippen LogP contribution in [0.15, 0.2) is 18.1 Å². The minimum absolute atomic E-state index is 0.585. The molecule has 0 N–H and O–H groups in total. The van der Waals surface area contributed by atoms with Gasteiger partial charge in [-0.15, -0.1) is 0 Å². The molecule has 0 atom stereocenters. The SMILES string of the molecule is [2H]c1c(C)c2c(C)c([2H])c(C)c3c4c(C)c5c(C)c6c(c(C)c5c(C)c4c(c1C)c23)c1c(C)c([2H])c(C)c2c3c(C)c(C)c(C)c(C)c3c(C)c6c21. The third-order valence-electron chi connectivity index (χ3n) is 13.3. The van der Waals surface area contributed by atoms with Crippen LogP contribution in [0.25, 0.3) is 86.2 Å². The van der Waals surface area contributed by atoms with Gasteiger partial charge in [0.15, 0.2) is 0 Å². The molecule has 0 nitrogen and oxygen atoms in total. The van der Waals surface area contributed by atoms with Crippen molar-refractivity contribution in [2.24, 2.45) is 0 Å². The van der Waals surface area contributed by atoms with E-state index >= 15 is 0 Å². The smallest absolute Gasteiger partial charge is 0.0551 e. The fourth-order valence-electron chi connectivity index (χ4n) is 11.2. The molecule has 0 aliphatic rings. The van der Waals surface area contributed by atoms with Gasteiger partial charge in [-0.05, 0) is 273 Å². The van der Waals surface area contributed by atoms with Gasteiger partial charge in [0.25, 0.3) is 0 Å². The second-order valence-electron chi connectivity index (χ2n) is 15.8. The second kappa shape index (κ2) is 9.42. The second-order valence-corrected chi connectivity index (χ2v) is 15.8. The molecule has 0 aliphatic heterocycles. The molecule has 0 radical (unpaired) electrons. The van der Waals surface area contributed by atoms with Crippen molar-refractivity contribution in [3.05, 3.63) is 102 Å². The van der Waals surface area contributed by atoms with Crippen molar-refractivity contribution in [1.82, 2.24) is 0 Å². The van der Waals surface area contributed by atoms with Gasteiger partial charge in [-0.25, -0.2) is 0 Å². The summed E-state index contributed by atoms with van der Waals surface area (Å²) in [7, 11) is 0. The van der Waals surface area contributed by atoms with Crippen LogP contribution in [0.1, 0.15) is 87.6 Å². The maximum Gasteiger partial charge on any atom is 0.0629 e. The number of hydrogen-bond acceptors (Lipinski definition) is 0. The molecule has 49 heavy (non-hydrogen) atoms. The summed E-state index contributed by atoms with van der Waals surface area (Å²) in [5.74, 6) is 0. The normalized spacial score (nSPS) is 13.7. The van der Waals surface area contributed by atoms with Gasteiger partial charge in [-0.3, -0.25) is 0 Å². The van der Waals surface area contributed by atoms with Gasteiger partial charge >= 0.3 is 0 Å². The lowest BCUT2D eigenvalue weighted by Crippen LogP contribution is -1.98. The van der Waals surface area contributed by atoms with E-state index in [0.717, 1.165) is 38.8 Å². The molecule has 0 unspecified atom stereocenters. The van der Waals surface area contributed by atoms with Crippen LogP contribution in [-0.2, 0) is 0 Å². The van der Waals surface area contributed by atoms with Gasteiger partial charge in [-0.2, -0.15) is 0 Å². The zero-order valence-corrected chi connectivity index (χ0v) is 32.0. The molecule has 0 saturated heterocycles. The van der Waals surface area contributed by atoms with E-state index in [4.69, 9.17) is 0 Å². The van der Waals surface area contributed by atoms with E-state index in [2.05, 4.69) is 104 Å². The van der Waals surface area contributed by atoms with Crippen molar-refractivity contribution < 1.29 is 4.11 Å². The standard InChI is InChI=1S/C49H48/c1-19-16-21(3)36-43-30(12)40-32(14)45-38-24(6)18-23(5)35-42-28(10)26(8)25(7)27(9)39(42)29(11)47(49(35)38)46(45)33(15)41(40)31(13)44(43)37-22(4)17-20(2)34(19)48(36)37/h16-18H,1-15H3/i16D,17D,18D. The first-order valence-electron chi connectivity index (χ1n) is 19.5. The van der Waals surface area contributed by atoms with Gasteiger partial charge in [0, 0.05) is 0 Å². The highest BCUT2D eigenvalue weighted by Gasteiger charge is 2.29. The van der Waals surface area contributed by atoms with Crippen molar-refractivity contribution >= 4 is 86.2 Å². The van der Waals surface area contributed by atoms with Crippen LogP contribution in [-0.4, -0.2) is 0 Å². The Morgan fingerprint density at radius 2 is 0.408 bits per heavy atom. The van der Waals surface area contributed by atoms with E-state index in [1.165, 1.54) is 131 Å². The van der Waals surface area contributed by atoms with Crippen molar-refractivity contribution in [2.75, 3.05) is 0 Å². The molecule has 0 spiro atoms. The average Bonchev–Trinajstić information content (AvgIpc) is 3.66. The first-order valence-corrected chi connectivity index (χ1v) is 18.0. The maximum absolute atomic E-state index is 9.57. The molecule has 9 aromatic carbocycles. The molecular weight excluding hydrogens is 589 g/mol. The maximum atomic E-state index is 9.57. The van der Waals surface area contributed by atoms with Crippen LogP contribution in [0.3, 0.4) is 0 Å². The molecule has 0 aliphatic carbocycles. The fraction of sp³-hybridized carbons (Fsp3) is 0.306. The minimum atomic E-state index is 0.585. The number of rotatable bonds is 0. The summed E-state index contributed by atoms with van der Waals surface area (Å²) >= 11 is 0. The molecule has 0 amide bonds. The van der Waals surface area contributed by atoms with Gasteiger partial charge < -0.3 is 0 Å². The Balaban J connectivity index is 1.68. The summed E-state index contributed by atoms with van der Waals surface area (Å²) in [4.78, 5) is 0. The third kappa shape index (κ3) is 3.28. The summed E-state index contributed by atoms with van der Waals surface area (Å²) in [6, 6.07) is 1.82. The molecule has 0 saturated carbocycles. The first kappa shape index (κ1) is 27.4. The van der Waals surface area contributed by atoms with E-state index in [9.17, 15) is 4.11 Å². The summed E-state index contributed by atoms with van der Waals surface area (Å²) in [6.07, 6.45) is 0. The Bertz CT molecular complexity index is 3220. The Labute approximate surface area is 295 Å². The van der Waals surface area contributed by atoms with Crippen molar-refractivity contribution in [3.8, 4) is 0 Å². The predicted octanol–water partition coefficient (Wildman–Crippen LogP) is 14.4. The van der Waals surface area contributed by atoms with E-state index in [-0.39, 0.29) is 0 Å². The van der Waals surface area contributed by atoms with E-state index in [0.29, 0.717) is 18.1 Å². The van der Waals surface area contributed by atoms with Crippen LogP contribution in [0.2, 0.25) is 0 Å². The number of fused-ring (bicyclic) bond motifs is 9. The van der Waals surface area contributed by atoms with E-state index < -0.39 is 0 Å². The van der Waals surface area contributed by atoms with Crippen LogP contribution in [0, 0.1) is 104 Å². The zero-order valence-electron chi connectivity index (χ0n) is 35.0. The highest BCUT2D eigenvalue weighted by Crippen LogP contribution is 2.55. The van der Waals surface area contributed by atoms with Crippen LogP contribution >= 0.6 is 0 Å². The van der Waals surface area contributed by atoms with Crippen LogP contribution in [0.5, 0.6) is 0 Å². The molecule has 9 rings (SSSR count). The lowest BCUT2D eigenvalue weighted by Gasteiger charge is -2.21. The highest BCUT2D eigenvalue weighted by molar-refractivity contribution is 6.42. The summed E-state index contributed by atoms with van der Waals surface area (Å²) in [5, 5.41) is 20.3. The molecule has 9 aromatic rings. The molecule has 0 fully saturated rings. The van der Waals surface area contributed by atoms with Gasteiger partial charge in [-0.1, -0.05) is 18.1 Å². The third-order valence-corrected chi connectivity index (χ3v) is 13.3. The van der Waals surface area contributed by atoms with Crippen molar-refractivity contribution in [3.63, 3.8) is 0 Å². The topological polar surface area (TPSA) is 0 Å². The van der Waals surface area contributed by atoms with Crippen LogP contribution in [0.4, 0.5) is 0 Å². The van der Waals surface area contributed by atoms with Crippen LogP contribution < -0.4 is 0 Å². The lowest BCUT2D eigenvalue weighted by atomic mass is 9.83. The predicted molar refractivity (Wildman–Crippen MR) is 220 cm³/mol. The highest BCUT2D eigenvalue weighted by atomic mass is 14.3. The van der Waals surface area contributed by atoms with Crippen molar-refractivity contribution in [2.45, 2.75) is 104 Å².